The lowest BCUT2D eigenvalue weighted by Gasteiger charge is -2.01. The first kappa shape index (κ1) is 12.9. The molecule has 0 aliphatic heterocycles. The van der Waals surface area contributed by atoms with E-state index in [1.54, 1.807) is 11.3 Å². The van der Waals surface area contributed by atoms with Crippen LogP contribution in [0.3, 0.4) is 0 Å². The highest BCUT2D eigenvalue weighted by Gasteiger charge is 2.20. The minimum atomic E-state index is 0.747. The molecular formula is C16H16N4S. The number of benzene rings is 1. The smallest absolute Gasteiger partial charge is 0.166 e. The van der Waals surface area contributed by atoms with Crippen molar-refractivity contribution < 1.29 is 0 Å². The third kappa shape index (κ3) is 2.80. The van der Waals surface area contributed by atoms with Gasteiger partial charge in [0.25, 0.3) is 0 Å². The Morgan fingerprint density at radius 1 is 1.14 bits per heavy atom. The van der Waals surface area contributed by atoms with Crippen LogP contribution in [0.25, 0.3) is 21.5 Å². The van der Waals surface area contributed by atoms with Crippen molar-refractivity contribution in [2.24, 2.45) is 0 Å². The second-order valence-electron chi connectivity index (χ2n) is 5.36. The standard InChI is InChI=1S/C16H16N4S/c1-2-4-13-11(3-1)7-9-18-15(13)16-20-19-14(21-16)8-10-17-12-5-6-12/h1-4,7,9,12,17H,5-6,8,10H2. The molecule has 4 nitrogen and oxygen atoms in total. The predicted molar refractivity (Wildman–Crippen MR) is 85.4 cm³/mol. The Morgan fingerprint density at radius 2 is 2.05 bits per heavy atom. The molecule has 1 N–H and O–H groups in total. The summed E-state index contributed by atoms with van der Waals surface area (Å²) in [7, 11) is 0. The highest BCUT2D eigenvalue weighted by atomic mass is 32.1. The number of rotatable bonds is 5. The first-order chi connectivity index (χ1) is 10.4. The fraction of sp³-hybridized carbons (Fsp3) is 0.312. The van der Waals surface area contributed by atoms with Crippen molar-refractivity contribution in [1.29, 1.82) is 0 Å². The molecule has 4 rings (SSSR count). The molecule has 1 saturated carbocycles. The molecule has 21 heavy (non-hydrogen) atoms. The molecule has 2 aromatic heterocycles. The van der Waals surface area contributed by atoms with E-state index in [0.717, 1.165) is 40.1 Å². The second kappa shape index (κ2) is 5.50. The van der Waals surface area contributed by atoms with Crippen molar-refractivity contribution in [2.75, 3.05) is 6.54 Å². The van der Waals surface area contributed by atoms with Crippen LogP contribution in [0.15, 0.2) is 36.5 Å². The molecule has 3 aromatic rings. The van der Waals surface area contributed by atoms with E-state index >= 15 is 0 Å². The van der Waals surface area contributed by atoms with E-state index in [2.05, 4.69) is 32.6 Å². The Hall–Kier alpha value is -1.85. The summed E-state index contributed by atoms with van der Waals surface area (Å²) in [5.74, 6) is 0. The topological polar surface area (TPSA) is 50.7 Å². The van der Waals surface area contributed by atoms with E-state index in [4.69, 9.17) is 0 Å². The van der Waals surface area contributed by atoms with Gasteiger partial charge in [-0.25, -0.2) is 0 Å². The van der Waals surface area contributed by atoms with Crippen molar-refractivity contribution >= 4 is 22.1 Å². The summed E-state index contributed by atoms with van der Waals surface area (Å²) in [5, 5.41) is 16.5. The molecule has 1 aliphatic carbocycles. The Labute approximate surface area is 127 Å². The molecule has 1 aromatic carbocycles. The van der Waals surface area contributed by atoms with Gasteiger partial charge in [-0.2, -0.15) is 0 Å². The van der Waals surface area contributed by atoms with Crippen LogP contribution in [0.5, 0.6) is 0 Å². The van der Waals surface area contributed by atoms with Gasteiger partial charge in [0.1, 0.15) is 10.7 Å². The van der Waals surface area contributed by atoms with Gasteiger partial charge in [-0.15, -0.1) is 10.2 Å². The average molecular weight is 296 g/mol. The van der Waals surface area contributed by atoms with Gasteiger partial charge in [0.2, 0.25) is 0 Å². The van der Waals surface area contributed by atoms with Gasteiger partial charge in [0, 0.05) is 30.6 Å². The molecule has 0 atom stereocenters. The molecule has 5 heteroatoms. The summed E-state index contributed by atoms with van der Waals surface area (Å²) < 4.78 is 0. The van der Waals surface area contributed by atoms with Crippen LogP contribution in [0.2, 0.25) is 0 Å². The van der Waals surface area contributed by atoms with Gasteiger partial charge in [-0.3, -0.25) is 4.98 Å². The number of nitrogens with zero attached hydrogens (tertiary/aromatic N) is 3. The Morgan fingerprint density at radius 3 is 2.95 bits per heavy atom. The third-order valence-corrected chi connectivity index (χ3v) is 4.68. The van der Waals surface area contributed by atoms with Crippen molar-refractivity contribution in [3.63, 3.8) is 0 Å². The average Bonchev–Trinajstić information content (AvgIpc) is 3.23. The van der Waals surface area contributed by atoms with Crippen LogP contribution in [-0.4, -0.2) is 27.8 Å². The summed E-state index contributed by atoms with van der Waals surface area (Å²) in [4.78, 5) is 4.50. The fourth-order valence-electron chi connectivity index (χ4n) is 2.41. The molecule has 0 saturated heterocycles. The maximum atomic E-state index is 4.50. The Kier molecular flexibility index (Phi) is 3.37. The van der Waals surface area contributed by atoms with E-state index in [-0.39, 0.29) is 0 Å². The van der Waals surface area contributed by atoms with Crippen molar-refractivity contribution in [3.05, 3.63) is 41.5 Å². The highest BCUT2D eigenvalue weighted by molar-refractivity contribution is 7.14. The highest BCUT2D eigenvalue weighted by Crippen LogP contribution is 2.28. The van der Waals surface area contributed by atoms with Gasteiger partial charge in [0.05, 0.1) is 0 Å². The SMILES string of the molecule is c1ccc2c(-c3nnc(CCNC4CC4)s3)nccc2c1. The molecule has 106 valence electrons. The zero-order valence-electron chi connectivity index (χ0n) is 11.6. The Balaban J connectivity index is 1.58. The zero-order chi connectivity index (χ0) is 14.1. The third-order valence-electron chi connectivity index (χ3n) is 3.69. The molecule has 0 radical (unpaired) electrons. The number of hydrogen-bond donors (Lipinski definition) is 1. The van der Waals surface area contributed by atoms with Crippen molar-refractivity contribution in [1.82, 2.24) is 20.5 Å². The van der Waals surface area contributed by atoms with Gasteiger partial charge in [-0.05, 0) is 24.3 Å². The van der Waals surface area contributed by atoms with E-state index in [0.29, 0.717) is 0 Å². The maximum absolute atomic E-state index is 4.50. The van der Waals surface area contributed by atoms with Crippen LogP contribution < -0.4 is 5.32 Å². The summed E-state index contributed by atoms with van der Waals surface area (Å²) in [6.45, 7) is 0.988. The first-order valence-corrected chi connectivity index (χ1v) is 8.12. The summed E-state index contributed by atoms with van der Waals surface area (Å²) in [6, 6.07) is 11.0. The van der Waals surface area contributed by atoms with Crippen LogP contribution in [0.4, 0.5) is 0 Å². The molecule has 0 spiro atoms. The van der Waals surface area contributed by atoms with E-state index in [9.17, 15) is 0 Å². The second-order valence-corrected chi connectivity index (χ2v) is 6.42. The van der Waals surface area contributed by atoms with Gasteiger partial charge >= 0.3 is 0 Å². The predicted octanol–water partition coefficient (Wildman–Crippen LogP) is 3.05. The molecule has 1 fully saturated rings. The molecule has 2 heterocycles. The molecule has 0 unspecified atom stereocenters. The van der Waals surface area contributed by atoms with Crippen LogP contribution in [0, 0.1) is 0 Å². The number of fused-ring (bicyclic) bond motifs is 1. The lowest BCUT2D eigenvalue weighted by Crippen LogP contribution is -2.19. The number of pyridine rings is 1. The van der Waals surface area contributed by atoms with E-state index in [1.165, 1.54) is 18.2 Å². The largest absolute Gasteiger partial charge is 0.314 e. The van der Waals surface area contributed by atoms with E-state index < -0.39 is 0 Å². The maximum Gasteiger partial charge on any atom is 0.166 e. The summed E-state index contributed by atoms with van der Waals surface area (Å²) >= 11 is 1.65. The van der Waals surface area contributed by atoms with Crippen molar-refractivity contribution in [3.8, 4) is 10.7 Å². The van der Waals surface area contributed by atoms with E-state index in [1.807, 2.05) is 24.4 Å². The minimum absolute atomic E-state index is 0.747. The summed E-state index contributed by atoms with van der Waals surface area (Å²) in [6.07, 6.45) is 5.43. The summed E-state index contributed by atoms with van der Waals surface area (Å²) in [5.41, 5.74) is 0.937. The van der Waals surface area contributed by atoms with Gasteiger partial charge < -0.3 is 5.32 Å². The van der Waals surface area contributed by atoms with Crippen molar-refractivity contribution in [2.45, 2.75) is 25.3 Å². The molecule has 1 aliphatic rings. The zero-order valence-corrected chi connectivity index (χ0v) is 12.4. The lowest BCUT2D eigenvalue weighted by atomic mass is 10.1. The van der Waals surface area contributed by atoms with Crippen LogP contribution in [-0.2, 0) is 6.42 Å². The Bertz CT molecular complexity index is 758. The monoisotopic (exact) mass is 296 g/mol. The lowest BCUT2D eigenvalue weighted by molar-refractivity contribution is 0.677. The van der Waals surface area contributed by atoms with Gasteiger partial charge in [0.15, 0.2) is 5.01 Å². The molecule has 0 bridgehead atoms. The fourth-order valence-corrected chi connectivity index (χ4v) is 3.26. The van der Waals surface area contributed by atoms with Gasteiger partial charge in [-0.1, -0.05) is 35.6 Å². The quantitative estimate of drug-likeness (QED) is 0.786. The molecule has 0 amide bonds. The van der Waals surface area contributed by atoms with Crippen LogP contribution in [0.1, 0.15) is 17.8 Å². The number of nitrogens with one attached hydrogen (secondary N) is 1. The van der Waals surface area contributed by atoms with Crippen LogP contribution >= 0.6 is 11.3 Å². The molecular weight excluding hydrogens is 280 g/mol. The number of aromatic nitrogens is 3. The minimum Gasteiger partial charge on any atom is -0.314 e. The normalized spacial score (nSPS) is 14.7. The first-order valence-electron chi connectivity index (χ1n) is 7.30. The number of hydrogen-bond acceptors (Lipinski definition) is 5.